The third-order valence-corrected chi connectivity index (χ3v) is 4.17. The summed E-state index contributed by atoms with van der Waals surface area (Å²) in [5.74, 6) is -1.12. The predicted octanol–water partition coefficient (Wildman–Crippen LogP) is 2.26. The van der Waals surface area contributed by atoms with Crippen LogP contribution in [0.3, 0.4) is 0 Å². The van der Waals surface area contributed by atoms with E-state index in [9.17, 15) is 13.6 Å². The Hall–Kier alpha value is -1.11. The highest BCUT2D eigenvalue weighted by Gasteiger charge is 2.30. The van der Waals surface area contributed by atoms with Gasteiger partial charge in [-0.25, -0.2) is 8.78 Å². The van der Waals surface area contributed by atoms with Gasteiger partial charge in [-0.1, -0.05) is 6.07 Å². The maximum atomic E-state index is 13.8. The smallest absolute Gasteiger partial charge is 0.237 e. The number of nitrogens with zero attached hydrogens (tertiary/aromatic N) is 1. The summed E-state index contributed by atoms with van der Waals surface area (Å²) in [6.45, 7) is 1.85. The second kappa shape index (κ2) is 8.66. The van der Waals surface area contributed by atoms with Gasteiger partial charge >= 0.3 is 0 Å². The first-order valence-electron chi connectivity index (χ1n) is 7.38. The quantitative estimate of drug-likeness (QED) is 0.860. The molecule has 0 bridgehead atoms. The Bertz CT molecular complexity index is 521. The van der Waals surface area contributed by atoms with Crippen molar-refractivity contribution in [3.63, 3.8) is 0 Å². The molecule has 0 spiro atoms. The molecule has 2 N–H and O–H groups in total. The first-order valence-corrected chi connectivity index (χ1v) is 7.38. The highest BCUT2D eigenvalue weighted by molar-refractivity contribution is 5.85. The zero-order chi connectivity index (χ0) is 14.8. The monoisotopic (exact) mass is 367 g/mol. The molecule has 2 aliphatic rings. The fourth-order valence-corrected chi connectivity index (χ4v) is 3.08. The summed E-state index contributed by atoms with van der Waals surface area (Å²) < 4.78 is 27.5. The maximum absolute atomic E-state index is 13.8. The van der Waals surface area contributed by atoms with E-state index in [0.29, 0.717) is 19.5 Å². The van der Waals surface area contributed by atoms with Gasteiger partial charge in [0.15, 0.2) is 0 Å². The van der Waals surface area contributed by atoms with Gasteiger partial charge in [0, 0.05) is 19.1 Å². The molecule has 0 aromatic heterocycles. The van der Waals surface area contributed by atoms with E-state index in [1.807, 2.05) is 0 Å². The van der Waals surface area contributed by atoms with E-state index < -0.39 is 11.6 Å². The van der Waals surface area contributed by atoms with Crippen LogP contribution in [-0.2, 0) is 4.79 Å². The fourth-order valence-electron chi connectivity index (χ4n) is 3.08. The number of carbonyl (C=O) groups excluding carboxylic acids is 1. The van der Waals surface area contributed by atoms with Gasteiger partial charge < -0.3 is 15.5 Å². The Labute approximate surface area is 146 Å². The van der Waals surface area contributed by atoms with Gasteiger partial charge in [0.2, 0.25) is 5.91 Å². The molecule has 2 unspecified atom stereocenters. The van der Waals surface area contributed by atoms with E-state index >= 15 is 0 Å². The summed E-state index contributed by atoms with van der Waals surface area (Å²) >= 11 is 0. The molecule has 2 aliphatic heterocycles. The van der Waals surface area contributed by atoms with Gasteiger partial charge in [-0.05, 0) is 37.9 Å². The van der Waals surface area contributed by atoms with Crippen LogP contribution in [0.5, 0.6) is 0 Å². The van der Waals surface area contributed by atoms with Crippen LogP contribution in [0.15, 0.2) is 18.2 Å². The van der Waals surface area contributed by atoms with Crippen molar-refractivity contribution in [2.45, 2.75) is 31.3 Å². The van der Waals surface area contributed by atoms with Crippen LogP contribution in [0.1, 0.15) is 19.3 Å². The first-order chi connectivity index (χ1) is 10.1. The average Bonchev–Trinajstić information content (AvgIpc) is 3.10. The Morgan fingerprint density at radius 3 is 2.52 bits per heavy atom. The molecule has 0 aliphatic carbocycles. The molecule has 1 aromatic rings. The van der Waals surface area contributed by atoms with Crippen molar-refractivity contribution >= 4 is 36.4 Å². The highest BCUT2D eigenvalue weighted by Crippen LogP contribution is 2.26. The average molecular weight is 368 g/mol. The molecule has 2 saturated heterocycles. The highest BCUT2D eigenvalue weighted by atomic mass is 35.5. The number of carbonyl (C=O) groups is 1. The van der Waals surface area contributed by atoms with Crippen LogP contribution in [0, 0.1) is 11.6 Å². The number of halogens is 4. The maximum Gasteiger partial charge on any atom is 0.237 e. The van der Waals surface area contributed by atoms with Crippen molar-refractivity contribution in [1.29, 1.82) is 0 Å². The number of hydrogen-bond acceptors (Lipinski definition) is 3. The molecular weight excluding hydrogens is 347 g/mol. The van der Waals surface area contributed by atoms with E-state index in [0.717, 1.165) is 19.4 Å². The van der Waals surface area contributed by atoms with E-state index in [1.54, 1.807) is 4.90 Å². The van der Waals surface area contributed by atoms with E-state index in [-0.39, 0.29) is 48.5 Å². The number of rotatable bonds is 3. The molecular formula is C15H21Cl2F2N3O. The normalized spacial score (nSPS) is 23.1. The Kier molecular flexibility index (Phi) is 7.51. The van der Waals surface area contributed by atoms with Crippen LogP contribution >= 0.6 is 24.8 Å². The van der Waals surface area contributed by atoms with Crippen molar-refractivity contribution in [2.75, 3.05) is 24.5 Å². The van der Waals surface area contributed by atoms with Crippen LogP contribution in [-0.4, -0.2) is 37.6 Å². The van der Waals surface area contributed by atoms with E-state index in [4.69, 9.17) is 0 Å². The second-order valence-electron chi connectivity index (χ2n) is 5.66. The lowest BCUT2D eigenvalue weighted by atomic mass is 10.2. The number of hydrogen-bond donors (Lipinski definition) is 2. The molecule has 0 radical (unpaired) electrons. The third-order valence-electron chi connectivity index (χ3n) is 4.17. The lowest BCUT2D eigenvalue weighted by Gasteiger charge is -2.21. The molecule has 0 saturated carbocycles. The van der Waals surface area contributed by atoms with Crippen molar-refractivity contribution in [2.24, 2.45) is 0 Å². The van der Waals surface area contributed by atoms with Gasteiger partial charge in [0.05, 0.1) is 6.04 Å². The minimum absolute atomic E-state index is 0. The minimum Gasteiger partial charge on any atom is -0.365 e. The summed E-state index contributed by atoms with van der Waals surface area (Å²) in [6, 6.07) is 3.69. The Morgan fingerprint density at radius 1 is 1.22 bits per heavy atom. The summed E-state index contributed by atoms with van der Waals surface area (Å²) in [5.41, 5.74) is 0.00763. The number of para-hydroxylation sites is 1. The summed E-state index contributed by atoms with van der Waals surface area (Å²) in [6.07, 6.45) is 2.56. The second-order valence-corrected chi connectivity index (χ2v) is 5.66. The third kappa shape index (κ3) is 4.46. The molecule has 2 fully saturated rings. The number of anilines is 1. The molecule has 23 heavy (non-hydrogen) atoms. The largest absolute Gasteiger partial charge is 0.365 e. The van der Waals surface area contributed by atoms with Crippen LogP contribution in [0.4, 0.5) is 14.5 Å². The van der Waals surface area contributed by atoms with E-state index in [2.05, 4.69) is 10.6 Å². The molecule has 130 valence electrons. The van der Waals surface area contributed by atoms with Gasteiger partial charge in [0.25, 0.3) is 0 Å². The molecule has 2 atom stereocenters. The van der Waals surface area contributed by atoms with Crippen molar-refractivity contribution in [3.05, 3.63) is 29.8 Å². The number of benzene rings is 1. The van der Waals surface area contributed by atoms with Crippen LogP contribution in [0.2, 0.25) is 0 Å². The predicted molar refractivity (Wildman–Crippen MR) is 90.6 cm³/mol. The van der Waals surface area contributed by atoms with Crippen molar-refractivity contribution in [1.82, 2.24) is 10.6 Å². The first kappa shape index (κ1) is 19.9. The SMILES string of the molecule is Cl.Cl.O=C(NC1CCN(c2c(F)cccc2F)C1)C1CCCN1. The summed E-state index contributed by atoms with van der Waals surface area (Å²) in [7, 11) is 0. The zero-order valence-corrected chi connectivity index (χ0v) is 14.2. The number of nitrogens with one attached hydrogen (secondary N) is 2. The van der Waals surface area contributed by atoms with Crippen molar-refractivity contribution in [3.8, 4) is 0 Å². The molecule has 1 amide bonds. The minimum atomic E-state index is -0.556. The van der Waals surface area contributed by atoms with Gasteiger partial charge in [-0.2, -0.15) is 0 Å². The van der Waals surface area contributed by atoms with Gasteiger partial charge in [-0.3, -0.25) is 4.79 Å². The standard InChI is InChI=1S/C15H19F2N3O.2ClH/c16-11-3-1-4-12(17)14(11)20-8-6-10(9-20)19-15(21)13-5-2-7-18-13;;/h1,3-4,10,13,18H,2,5-9H2,(H,19,21);2*1H. The molecule has 3 rings (SSSR count). The summed E-state index contributed by atoms with van der Waals surface area (Å²) in [4.78, 5) is 13.7. The lowest BCUT2D eigenvalue weighted by molar-refractivity contribution is -0.123. The van der Waals surface area contributed by atoms with Crippen LogP contribution < -0.4 is 15.5 Å². The molecule has 1 aromatic carbocycles. The van der Waals surface area contributed by atoms with Gasteiger partial charge in [0.1, 0.15) is 17.3 Å². The Balaban J connectivity index is 0.00000132. The van der Waals surface area contributed by atoms with Crippen molar-refractivity contribution < 1.29 is 13.6 Å². The van der Waals surface area contributed by atoms with Crippen LogP contribution in [0.25, 0.3) is 0 Å². The lowest BCUT2D eigenvalue weighted by Crippen LogP contribution is -2.46. The van der Waals surface area contributed by atoms with E-state index in [1.165, 1.54) is 18.2 Å². The van der Waals surface area contributed by atoms with Gasteiger partial charge in [-0.15, -0.1) is 24.8 Å². The topological polar surface area (TPSA) is 44.4 Å². The Morgan fingerprint density at radius 2 is 1.91 bits per heavy atom. The molecule has 8 heteroatoms. The molecule has 2 heterocycles. The fraction of sp³-hybridized carbons (Fsp3) is 0.533. The number of amides is 1. The molecule has 4 nitrogen and oxygen atoms in total. The summed E-state index contributed by atoms with van der Waals surface area (Å²) in [5, 5.41) is 6.12. The zero-order valence-electron chi connectivity index (χ0n) is 12.6.